The van der Waals surface area contributed by atoms with Crippen LogP contribution in [0.25, 0.3) is 5.69 Å². The molecule has 0 bridgehead atoms. The van der Waals surface area contributed by atoms with Crippen molar-refractivity contribution < 1.29 is 14.3 Å². The van der Waals surface area contributed by atoms with Crippen LogP contribution in [0.2, 0.25) is 0 Å². The third-order valence-electron chi connectivity index (χ3n) is 3.97. The summed E-state index contributed by atoms with van der Waals surface area (Å²) in [7, 11) is 1.31. The van der Waals surface area contributed by atoms with Crippen LogP contribution >= 0.6 is 0 Å². The topological polar surface area (TPSA) is 73.2 Å². The fourth-order valence-electron chi connectivity index (χ4n) is 2.50. The van der Waals surface area contributed by atoms with Gasteiger partial charge < -0.3 is 14.6 Å². The molecule has 22 heavy (non-hydrogen) atoms. The van der Waals surface area contributed by atoms with Gasteiger partial charge >= 0.3 is 5.97 Å². The van der Waals surface area contributed by atoms with Crippen LogP contribution < -0.4 is 5.32 Å². The molecule has 0 aliphatic heterocycles. The van der Waals surface area contributed by atoms with Gasteiger partial charge in [0.25, 0.3) is 0 Å². The molecule has 0 atom stereocenters. The Morgan fingerprint density at radius 1 is 1.36 bits per heavy atom. The van der Waals surface area contributed by atoms with Gasteiger partial charge in [-0.05, 0) is 24.5 Å². The summed E-state index contributed by atoms with van der Waals surface area (Å²) >= 11 is 0. The average Bonchev–Trinajstić information content (AvgIpc) is 3.19. The molecule has 0 spiro atoms. The van der Waals surface area contributed by atoms with E-state index in [1.807, 2.05) is 35.0 Å². The molecule has 6 nitrogen and oxygen atoms in total. The summed E-state index contributed by atoms with van der Waals surface area (Å²) in [4.78, 5) is 28.0. The molecule has 1 aliphatic carbocycles. The summed E-state index contributed by atoms with van der Waals surface area (Å²) < 4.78 is 6.60. The van der Waals surface area contributed by atoms with E-state index in [4.69, 9.17) is 4.74 Å². The lowest BCUT2D eigenvalue weighted by Gasteiger charge is -2.15. The van der Waals surface area contributed by atoms with E-state index >= 15 is 0 Å². The van der Waals surface area contributed by atoms with Crippen LogP contribution in [-0.2, 0) is 20.9 Å². The zero-order valence-electron chi connectivity index (χ0n) is 12.3. The number of aromatic nitrogens is 2. The minimum Gasteiger partial charge on any atom is -0.468 e. The van der Waals surface area contributed by atoms with Crippen molar-refractivity contribution in [3.05, 3.63) is 48.5 Å². The highest BCUT2D eigenvalue weighted by Crippen LogP contribution is 2.46. The Bertz CT molecular complexity index is 690. The first-order valence-corrected chi connectivity index (χ1v) is 7.10. The van der Waals surface area contributed by atoms with Gasteiger partial charge in [-0.1, -0.05) is 18.2 Å². The number of methoxy groups -OCH3 is 1. The molecule has 0 saturated heterocycles. The number of imidazole rings is 1. The Labute approximate surface area is 128 Å². The van der Waals surface area contributed by atoms with Crippen LogP contribution in [0.5, 0.6) is 0 Å². The standard InChI is InChI=1S/C16H17N3O3/c1-22-15(21)16(6-7-16)14(20)18-10-12-4-2-3-5-13(12)19-9-8-17-11-19/h2-5,8-9,11H,6-7,10H2,1H3,(H,18,20). The Morgan fingerprint density at radius 2 is 2.14 bits per heavy atom. The molecule has 2 aromatic rings. The smallest absolute Gasteiger partial charge is 0.321 e. The van der Waals surface area contributed by atoms with E-state index < -0.39 is 11.4 Å². The van der Waals surface area contributed by atoms with Crippen LogP contribution in [0.4, 0.5) is 0 Å². The second kappa shape index (κ2) is 5.63. The lowest BCUT2D eigenvalue weighted by molar-refractivity contribution is -0.152. The molecule has 1 aliphatic rings. The van der Waals surface area contributed by atoms with E-state index in [1.54, 1.807) is 12.5 Å². The Morgan fingerprint density at radius 3 is 2.77 bits per heavy atom. The molecule has 1 saturated carbocycles. The molecule has 0 unspecified atom stereocenters. The summed E-state index contributed by atoms with van der Waals surface area (Å²) in [6, 6.07) is 7.73. The number of hydrogen-bond donors (Lipinski definition) is 1. The summed E-state index contributed by atoms with van der Waals surface area (Å²) in [6.45, 7) is 0.353. The molecule has 0 radical (unpaired) electrons. The van der Waals surface area contributed by atoms with E-state index in [2.05, 4.69) is 10.3 Å². The van der Waals surface area contributed by atoms with Gasteiger partial charge in [-0.3, -0.25) is 9.59 Å². The van der Waals surface area contributed by atoms with Crippen molar-refractivity contribution in [1.82, 2.24) is 14.9 Å². The lowest BCUT2D eigenvalue weighted by atomic mass is 10.1. The number of nitrogens with zero attached hydrogens (tertiary/aromatic N) is 2. The monoisotopic (exact) mass is 299 g/mol. The highest BCUT2D eigenvalue weighted by atomic mass is 16.5. The molecule has 6 heteroatoms. The third kappa shape index (κ3) is 2.47. The number of benzene rings is 1. The van der Waals surface area contributed by atoms with Crippen molar-refractivity contribution in [1.29, 1.82) is 0 Å². The number of para-hydroxylation sites is 1. The van der Waals surface area contributed by atoms with Gasteiger partial charge in [0.1, 0.15) is 5.41 Å². The number of carbonyl (C=O) groups is 2. The number of ether oxygens (including phenoxy) is 1. The minimum absolute atomic E-state index is 0.264. The summed E-state index contributed by atoms with van der Waals surface area (Å²) in [6.07, 6.45) is 6.35. The molecule has 1 aromatic carbocycles. The van der Waals surface area contributed by atoms with Gasteiger partial charge in [0, 0.05) is 18.9 Å². The molecule has 3 rings (SSSR count). The van der Waals surface area contributed by atoms with E-state index in [-0.39, 0.29) is 5.91 Å². The molecule has 114 valence electrons. The van der Waals surface area contributed by atoms with Crippen molar-refractivity contribution in [2.45, 2.75) is 19.4 Å². The molecule has 1 heterocycles. The number of esters is 1. The number of amides is 1. The molecule has 1 amide bonds. The Kier molecular flexibility index (Phi) is 3.66. The summed E-state index contributed by atoms with van der Waals surface area (Å²) in [5, 5.41) is 2.85. The number of hydrogen-bond acceptors (Lipinski definition) is 4. The number of nitrogens with one attached hydrogen (secondary N) is 1. The van der Waals surface area contributed by atoms with Crippen LogP contribution in [0, 0.1) is 5.41 Å². The number of rotatable bonds is 5. The van der Waals surface area contributed by atoms with E-state index in [0.29, 0.717) is 19.4 Å². The molecule has 1 aromatic heterocycles. The maximum absolute atomic E-state index is 12.3. The van der Waals surface area contributed by atoms with Gasteiger partial charge in [-0.25, -0.2) is 4.98 Å². The second-order valence-electron chi connectivity index (χ2n) is 5.36. The SMILES string of the molecule is COC(=O)C1(C(=O)NCc2ccccc2-n2ccnc2)CC1. The van der Waals surface area contributed by atoms with Crippen molar-refractivity contribution in [2.75, 3.05) is 7.11 Å². The van der Waals surface area contributed by atoms with Crippen LogP contribution in [0.3, 0.4) is 0 Å². The van der Waals surface area contributed by atoms with E-state index in [9.17, 15) is 9.59 Å². The summed E-state index contributed by atoms with van der Waals surface area (Å²) in [5.74, 6) is -0.715. The molecule has 1 N–H and O–H groups in total. The van der Waals surface area contributed by atoms with E-state index in [0.717, 1.165) is 11.3 Å². The lowest BCUT2D eigenvalue weighted by Crippen LogP contribution is -2.37. The summed E-state index contributed by atoms with van der Waals surface area (Å²) in [5.41, 5.74) is 0.927. The quantitative estimate of drug-likeness (QED) is 0.670. The third-order valence-corrected chi connectivity index (χ3v) is 3.97. The van der Waals surface area contributed by atoms with Crippen molar-refractivity contribution >= 4 is 11.9 Å². The largest absolute Gasteiger partial charge is 0.468 e. The van der Waals surface area contributed by atoms with Gasteiger partial charge in [0.15, 0.2) is 0 Å². The fourth-order valence-corrected chi connectivity index (χ4v) is 2.50. The van der Waals surface area contributed by atoms with Crippen molar-refractivity contribution in [2.24, 2.45) is 5.41 Å². The predicted molar refractivity (Wildman–Crippen MR) is 79.1 cm³/mol. The average molecular weight is 299 g/mol. The highest BCUT2D eigenvalue weighted by molar-refractivity contribution is 6.05. The van der Waals surface area contributed by atoms with Gasteiger partial charge in [0.2, 0.25) is 5.91 Å². The Balaban J connectivity index is 1.73. The molecular formula is C16H17N3O3. The van der Waals surface area contributed by atoms with Crippen LogP contribution in [0.15, 0.2) is 43.0 Å². The first-order valence-electron chi connectivity index (χ1n) is 7.10. The van der Waals surface area contributed by atoms with Gasteiger partial charge in [-0.15, -0.1) is 0 Å². The molecule has 1 fully saturated rings. The van der Waals surface area contributed by atoms with Crippen molar-refractivity contribution in [3.8, 4) is 5.69 Å². The first kappa shape index (κ1) is 14.3. The first-order chi connectivity index (χ1) is 10.7. The zero-order chi connectivity index (χ0) is 15.6. The Hall–Kier alpha value is -2.63. The second-order valence-corrected chi connectivity index (χ2v) is 5.36. The minimum atomic E-state index is -0.974. The maximum atomic E-state index is 12.3. The van der Waals surface area contributed by atoms with Gasteiger partial charge in [0.05, 0.1) is 19.1 Å². The van der Waals surface area contributed by atoms with Crippen molar-refractivity contribution in [3.63, 3.8) is 0 Å². The van der Waals surface area contributed by atoms with Crippen LogP contribution in [0.1, 0.15) is 18.4 Å². The molecular weight excluding hydrogens is 282 g/mol. The van der Waals surface area contributed by atoms with Gasteiger partial charge in [-0.2, -0.15) is 0 Å². The fraction of sp³-hybridized carbons (Fsp3) is 0.312. The predicted octanol–water partition coefficient (Wildman–Crippen LogP) is 1.44. The highest BCUT2D eigenvalue weighted by Gasteiger charge is 2.57. The van der Waals surface area contributed by atoms with E-state index in [1.165, 1.54) is 7.11 Å². The normalized spacial score (nSPS) is 15.1. The number of carbonyl (C=O) groups excluding carboxylic acids is 2. The van der Waals surface area contributed by atoms with Crippen LogP contribution in [-0.4, -0.2) is 28.5 Å². The maximum Gasteiger partial charge on any atom is 0.321 e. The zero-order valence-corrected chi connectivity index (χ0v) is 12.3.